The summed E-state index contributed by atoms with van der Waals surface area (Å²) >= 11 is 3.44. The van der Waals surface area contributed by atoms with E-state index in [-0.39, 0.29) is 5.97 Å². The molecule has 4 heterocycles. The minimum atomic E-state index is -0.747. The van der Waals surface area contributed by atoms with E-state index in [1.165, 1.54) is 16.0 Å². The molecule has 0 amide bonds. The number of rotatable bonds is 3. The van der Waals surface area contributed by atoms with Crippen LogP contribution in [0.4, 0.5) is 0 Å². The monoisotopic (exact) mass is 412 g/mol. The molecule has 2 aliphatic rings. The van der Waals surface area contributed by atoms with Crippen molar-refractivity contribution in [2.45, 2.75) is 25.6 Å². The van der Waals surface area contributed by atoms with E-state index in [4.69, 9.17) is 14.2 Å². The highest BCUT2D eigenvalue weighted by molar-refractivity contribution is 7.16. The summed E-state index contributed by atoms with van der Waals surface area (Å²) in [5.41, 5.74) is 4.29. The molecule has 0 fully saturated rings. The lowest BCUT2D eigenvalue weighted by Crippen LogP contribution is -2.41. The Balaban J connectivity index is 1.53. The maximum Gasteiger partial charge on any atom is 0.338 e. The van der Waals surface area contributed by atoms with Crippen molar-refractivity contribution in [1.29, 1.82) is 0 Å². The predicted octanol–water partition coefficient (Wildman–Crippen LogP) is 5.00. The van der Waals surface area contributed by atoms with Gasteiger partial charge in [0.1, 0.15) is 0 Å². The first-order valence-electron chi connectivity index (χ1n) is 9.47. The van der Waals surface area contributed by atoms with Crippen molar-refractivity contribution in [3.8, 4) is 10.4 Å². The number of thiophene rings is 2. The molecule has 0 saturated heterocycles. The summed E-state index contributed by atoms with van der Waals surface area (Å²) in [6.07, 6.45) is 1.82. The fourth-order valence-corrected chi connectivity index (χ4v) is 6.31. The largest absolute Gasteiger partial charge is 0.462 e. The van der Waals surface area contributed by atoms with Gasteiger partial charge in [0.05, 0.1) is 35.1 Å². The van der Waals surface area contributed by atoms with E-state index in [0.717, 1.165) is 28.2 Å². The van der Waals surface area contributed by atoms with Gasteiger partial charge in [0.25, 0.3) is 0 Å². The first-order valence-corrected chi connectivity index (χ1v) is 11.2. The maximum atomic E-state index is 11.9. The summed E-state index contributed by atoms with van der Waals surface area (Å²) in [5.74, 6) is -1.03. The van der Waals surface area contributed by atoms with Crippen LogP contribution in [0.5, 0.6) is 0 Å². The van der Waals surface area contributed by atoms with Crippen LogP contribution < -0.4 is 0 Å². The van der Waals surface area contributed by atoms with Crippen LogP contribution >= 0.6 is 22.7 Å². The summed E-state index contributed by atoms with van der Waals surface area (Å²) in [6.45, 7) is 3.52. The Morgan fingerprint density at radius 1 is 1.07 bits per heavy atom. The Kier molecular flexibility index (Phi) is 4.59. The van der Waals surface area contributed by atoms with Crippen molar-refractivity contribution in [2.75, 3.05) is 19.8 Å². The second-order valence-electron chi connectivity index (χ2n) is 6.85. The number of carbonyl (C=O) groups excluding carboxylic acids is 1. The lowest BCUT2D eigenvalue weighted by atomic mass is 9.97. The second kappa shape index (κ2) is 7.12. The zero-order valence-electron chi connectivity index (χ0n) is 15.5. The molecule has 1 spiro atoms. The third-order valence-electron chi connectivity index (χ3n) is 5.19. The van der Waals surface area contributed by atoms with E-state index in [0.29, 0.717) is 25.4 Å². The second-order valence-corrected chi connectivity index (χ2v) is 8.82. The van der Waals surface area contributed by atoms with Gasteiger partial charge in [-0.2, -0.15) is 0 Å². The zero-order valence-corrected chi connectivity index (χ0v) is 17.2. The molecule has 28 heavy (non-hydrogen) atoms. The molecule has 144 valence electrons. The number of hydrogen-bond donors (Lipinski definition) is 0. The minimum absolute atomic E-state index is 0.285. The van der Waals surface area contributed by atoms with Gasteiger partial charge in [-0.1, -0.05) is 12.1 Å². The van der Waals surface area contributed by atoms with Gasteiger partial charge in [-0.3, -0.25) is 0 Å². The third kappa shape index (κ3) is 2.83. The van der Waals surface area contributed by atoms with Crippen LogP contribution in [0.1, 0.15) is 38.2 Å². The van der Waals surface area contributed by atoms with Crippen molar-refractivity contribution >= 4 is 28.6 Å². The van der Waals surface area contributed by atoms with Gasteiger partial charge in [0.2, 0.25) is 5.79 Å². The van der Waals surface area contributed by atoms with Crippen molar-refractivity contribution in [3.63, 3.8) is 0 Å². The lowest BCUT2D eigenvalue weighted by molar-refractivity contribution is -0.225. The smallest absolute Gasteiger partial charge is 0.338 e. The molecule has 5 rings (SSSR count). The fraction of sp³-hybridized carbons (Fsp3) is 0.318. The molecule has 3 aromatic rings. The molecule has 1 unspecified atom stereocenters. The van der Waals surface area contributed by atoms with Gasteiger partial charge >= 0.3 is 5.97 Å². The Labute approximate surface area is 171 Å². The molecule has 2 aliphatic heterocycles. The number of benzene rings is 1. The number of ether oxygens (including phenoxy) is 3. The Bertz CT molecular complexity index is 1010. The number of hydrogen-bond acceptors (Lipinski definition) is 6. The van der Waals surface area contributed by atoms with Crippen LogP contribution in [-0.4, -0.2) is 25.8 Å². The first kappa shape index (κ1) is 18.1. The molecule has 0 N–H and O–H groups in total. The molecule has 2 aromatic heterocycles. The van der Waals surface area contributed by atoms with Crippen molar-refractivity contribution in [1.82, 2.24) is 0 Å². The van der Waals surface area contributed by atoms with Crippen LogP contribution in [0.15, 0.2) is 41.8 Å². The van der Waals surface area contributed by atoms with Crippen LogP contribution in [0.2, 0.25) is 0 Å². The maximum absolute atomic E-state index is 11.9. The summed E-state index contributed by atoms with van der Waals surface area (Å²) in [6, 6.07) is 12.0. The van der Waals surface area contributed by atoms with Crippen LogP contribution in [0.25, 0.3) is 10.4 Å². The van der Waals surface area contributed by atoms with Gasteiger partial charge in [-0.15, -0.1) is 22.7 Å². The molecular formula is C22H20O4S2. The molecule has 1 atom stereocenters. The van der Waals surface area contributed by atoms with Gasteiger partial charge in [-0.25, -0.2) is 4.79 Å². The molecule has 0 bridgehead atoms. The summed E-state index contributed by atoms with van der Waals surface area (Å²) in [7, 11) is 0. The fourth-order valence-electron chi connectivity index (χ4n) is 3.86. The van der Waals surface area contributed by atoms with Gasteiger partial charge in [-0.05, 0) is 66.1 Å². The third-order valence-corrected chi connectivity index (χ3v) is 7.53. The standard InChI is InChI=1S/C22H20O4S2/c1-2-24-21(23)16-5-3-14(4-6-16)18-13-17-8-11-26-22(20(17)28-18)19-15(7-10-25-22)9-12-27-19/h3-6,9,12-13H,2,7-8,10-11H2,1H3. The summed E-state index contributed by atoms with van der Waals surface area (Å²) in [4.78, 5) is 15.4. The Hall–Kier alpha value is -1.99. The lowest BCUT2D eigenvalue weighted by Gasteiger charge is -2.39. The highest BCUT2D eigenvalue weighted by Crippen LogP contribution is 2.50. The SMILES string of the molecule is CCOC(=O)c1ccc(-c2cc3c(s2)C2(OCCc4ccsc42)OCC3)cc1. The minimum Gasteiger partial charge on any atom is -0.462 e. The molecule has 4 nitrogen and oxygen atoms in total. The predicted molar refractivity (Wildman–Crippen MR) is 110 cm³/mol. The first-order chi connectivity index (χ1) is 13.7. The van der Waals surface area contributed by atoms with E-state index in [1.54, 1.807) is 22.7 Å². The van der Waals surface area contributed by atoms with Gasteiger partial charge in [0, 0.05) is 4.88 Å². The highest BCUT2D eigenvalue weighted by atomic mass is 32.1. The van der Waals surface area contributed by atoms with Crippen molar-refractivity contribution in [3.05, 3.63) is 68.2 Å². The van der Waals surface area contributed by atoms with Crippen LogP contribution in [0, 0.1) is 0 Å². The highest BCUT2D eigenvalue weighted by Gasteiger charge is 2.47. The Morgan fingerprint density at radius 3 is 2.57 bits per heavy atom. The molecule has 1 aromatic carbocycles. The van der Waals surface area contributed by atoms with Gasteiger partial charge < -0.3 is 14.2 Å². The molecule has 0 radical (unpaired) electrons. The molecule has 0 saturated carbocycles. The quantitative estimate of drug-likeness (QED) is 0.568. The number of carbonyl (C=O) groups is 1. The van der Waals surface area contributed by atoms with E-state index in [9.17, 15) is 4.79 Å². The topological polar surface area (TPSA) is 44.8 Å². The molecule has 0 aliphatic carbocycles. The average molecular weight is 413 g/mol. The molecular weight excluding hydrogens is 392 g/mol. The summed E-state index contributed by atoms with van der Waals surface area (Å²) < 4.78 is 17.6. The van der Waals surface area contributed by atoms with Crippen LogP contribution in [0.3, 0.4) is 0 Å². The zero-order chi connectivity index (χ0) is 19.1. The van der Waals surface area contributed by atoms with E-state index in [1.807, 2.05) is 31.2 Å². The number of esters is 1. The normalized spacial score (nSPS) is 20.6. The van der Waals surface area contributed by atoms with Gasteiger partial charge in [0.15, 0.2) is 0 Å². The van der Waals surface area contributed by atoms with Crippen molar-refractivity contribution < 1.29 is 19.0 Å². The van der Waals surface area contributed by atoms with E-state index in [2.05, 4.69) is 17.5 Å². The Morgan fingerprint density at radius 2 is 1.82 bits per heavy atom. The van der Waals surface area contributed by atoms with E-state index >= 15 is 0 Å². The average Bonchev–Trinajstić information content (AvgIpc) is 3.37. The summed E-state index contributed by atoms with van der Waals surface area (Å²) in [5, 5.41) is 2.13. The van der Waals surface area contributed by atoms with Crippen molar-refractivity contribution in [2.24, 2.45) is 0 Å². The van der Waals surface area contributed by atoms with Crippen LogP contribution in [-0.2, 0) is 32.8 Å². The van der Waals surface area contributed by atoms with E-state index < -0.39 is 5.79 Å². The molecule has 6 heteroatoms. The number of fused-ring (bicyclic) bond motifs is 4.